The Morgan fingerprint density at radius 1 is 1.12 bits per heavy atom. The summed E-state index contributed by atoms with van der Waals surface area (Å²) in [6.45, 7) is 2.06. The van der Waals surface area contributed by atoms with E-state index in [1.54, 1.807) is 6.07 Å². The molecule has 0 N–H and O–H groups in total. The number of hydrogen-bond donors (Lipinski definition) is 0. The minimum Gasteiger partial charge on any atom is -0.154 e. The van der Waals surface area contributed by atoms with Gasteiger partial charge in [0.1, 0.15) is 0 Å². The fraction of sp³-hybridized carbons (Fsp3) is 0.167. The quantitative estimate of drug-likeness (QED) is 0.815. The largest absolute Gasteiger partial charge is 0.170 e. The highest BCUT2D eigenvalue weighted by Crippen LogP contribution is 2.19. The van der Waals surface area contributed by atoms with Gasteiger partial charge in [-0.25, -0.2) is 0 Å². The summed E-state index contributed by atoms with van der Waals surface area (Å²) in [7, 11) is 0. The molecule has 4 heteroatoms. The van der Waals surface area contributed by atoms with Gasteiger partial charge < -0.3 is 0 Å². The molecule has 0 atom stereocenters. The third-order valence-electron chi connectivity index (χ3n) is 2.22. The van der Waals surface area contributed by atoms with Gasteiger partial charge in [-0.3, -0.25) is 0 Å². The van der Waals surface area contributed by atoms with Crippen molar-refractivity contribution in [2.45, 2.75) is 13.3 Å². The average Bonchev–Trinajstić information content (AvgIpc) is 2.24. The van der Waals surface area contributed by atoms with Gasteiger partial charge in [0, 0.05) is 6.42 Å². The number of hydrogen-bond acceptors (Lipinski definition) is 2. The fourth-order valence-electron chi connectivity index (χ4n) is 1.51. The van der Waals surface area contributed by atoms with E-state index >= 15 is 0 Å². The summed E-state index contributed by atoms with van der Waals surface area (Å²) in [6.07, 6.45) is 0.714. The zero-order chi connectivity index (χ0) is 11.5. The standard InChI is InChI=1S/C12H10Cl2N2/c1-8-3-2-4-9(5-8)6-10-7-11(13)12(14)16-15-10/h2-5,7H,6H2,1H3. The van der Waals surface area contributed by atoms with Crippen molar-refractivity contribution in [1.82, 2.24) is 10.2 Å². The first kappa shape index (κ1) is 11.4. The summed E-state index contributed by atoms with van der Waals surface area (Å²) in [4.78, 5) is 0. The first-order chi connectivity index (χ1) is 7.65. The third kappa shape index (κ3) is 2.71. The normalized spacial score (nSPS) is 10.4. The number of halogens is 2. The molecule has 1 aromatic heterocycles. The Morgan fingerprint density at radius 2 is 1.94 bits per heavy atom. The highest BCUT2D eigenvalue weighted by Gasteiger charge is 2.03. The average molecular weight is 253 g/mol. The molecule has 2 rings (SSSR count). The Balaban J connectivity index is 2.24. The molecule has 16 heavy (non-hydrogen) atoms. The van der Waals surface area contributed by atoms with E-state index in [9.17, 15) is 0 Å². The van der Waals surface area contributed by atoms with Crippen LogP contribution < -0.4 is 0 Å². The predicted molar refractivity (Wildman–Crippen MR) is 66.0 cm³/mol. The van der Waals surface area contributed by atoms with Gasteiger partial charge in [0.15, 0.2) is 5.15 Å². The molecule has 0 amide bonds. The molecule has 2 aromatic rings. The summed E-state index contributed by atoms with van der Waals surface area (Å²) in [5.74, 6) is 0. The van der Waals surface area contributed by atoms with Gasteiger partial charge in [-0.2, -0.15) is 5.10 Å². The smallest absolute Gasteiger partial charge is 0.154 e. The van der Waals surface area contributed by atoms with E-state index in [-0.39, 0.29) is 5.15 Å². The monoisotopic (exact) mass is 252 g/mol. The Hall–Kier alpha value is -1.12. The van der Waals surface area contributed by atoms with Crippen LogP contribution in [0.2, 0.25) is 10.2 Å². The maximum absolute atomic E-state index is 5.88. The highest BCUT2D eigenvalue weighted by molar-refractivity contribution is 6.41. The minimum absolute atomic E-state index is 0.245. The summed E-state index contributed by atoms with van der Waals surface area (Å²) < 4.78 is 0. The molecule has 0 aliphatic carbocycles. The molecule has 0 unspecified atom stereocenters. The Labute approximate surface area is 104 Å². The first-order valence-corrected chi connectivity index (χ1v) is 5.64. The van der Waals surface area contributed by atoms with Crippen molar-refractivity contribution < 1.29 is 0 Å². The van der Waals surface area contributed by atoms with Crippen LogP contribution in [0.25, 0.3) is 0 Å². The second-order valence-electron chi connectivity index (χ2n) is 3.64. The van der Waals surface area contributed by atoms with Gasteiger partial charge in [0.25, 0.3) is 0 Å². The molecule has 0 saturated heterocycles. The van der Waals surface area contributed by atoms with E-state index < -0.39 is 0 Å². The number of benzene rings is 1. The van der Waals surface area contributed by atoms with Crippen LogP contribution in [0.15, 0.2) is 30.3 Å². The highest BCUT2D eigenvalue weighted by atomic mass is 35.5. The van der Waals surface area contributed by atoms with Gasteiger partial charge in [-0.05, 0) is 18.6 Å². The number of nitrogens with zero attached hydrogens (tertiary/aromatic N) is 2. The molecule has 2 nitrogen and oxygen atoms in total. The Bertz CT molecular complexity index is 512. The lowest BCUT2D eigenvalue weighted by atomic mass is 10.1. The zero-order valence-electron chi connectivity index (χ0n) is 8.74. The van der Waals surface area contributed by atoms with Crippen molar-refractivity contribution >= 4 is 23.2 Å². The molecule has 1 aromatic carbocycles. The molecular formula is C12H10Cl2N2. The number of aryl methyl sites for hydroxylation is 1. The first-order valence-electron chi connectivity index (χ1n) is 4.88. The van der Waals surface area contributed by atoms with Gasteiger partial charge in [-0.15, -0.1) is 5.10 Å². The van der Waals surface area contributed by atoms with Crippen molar-refractivity contribution in [2.75, 3.05) is 0 Å². The van der Waals surface area contributed by atoms with Crippen LogP contribution in [-0.2, 0) is 6.42 Å². The van der Waals surface area contributed by atoms with E-state index in [0.29, 0.717) is 11.4 Å². The molecule has 0 fully saturated rings. The second-order valence-corrected chi connectivity index (χ2v) is 4.41. The summed E-state index contributed by atoms with van der Waals surface area (Å²) in [6, 6.07) is 10.0. The zero-order valence-corrected chi connectivity index (χ0v) is 10.3. The second kappa shape index (κ2) is 4.81. The predicted octanol–water partition coefficient (Wildman–Crippen LogP) is 3.68. The molecule has 82 valence electrons. The summed E-state index contributed by atoms with van der Waals surface area (Å²) in [5, 5.41) is 8.47. The topological polar surface area (TPSA) is 25.8 Å². The Morgan fingerprint density at radius 3 is 2.62 bits per heavy atom. The molecule has 0 bridgehead atoms. The van der Waals surface area contributed by atoms with E-state index in [4.69, 9.17) is 23.2 Å². The maximum atomic E-state index is 5.88. The van der Waals surface area contributed by atoms with E-state index in [2.05, 4.69) is 35.3 Å². The van der Waals surface area contributed by atoms with Crippen molar-refractivity contribution in [3.05, 3.63) is 57.3 Å². The molecule has 0 saturated carbocycles. The number of aromatic nitrogens is 2. The molecule has 0 spiro atoms. The van der Waals surface area contributed by atoms with Crippen molar-refractivity contribution in [1.29, 1.82) is 0 Å². The minimum atomic E-state index is 0.245. The lowest BCUT2D eigenvalue weighted by Gasteiger charge is -2.02. The van der Waals surface area contributed by atoms with E-state index in [1.165, 1.54) is 11.1 Å². The van der Waals surface area contributed by atoms with Crippen LogP contribution in [0, 0.1) is 6.92 Å². The van der Waals surface area contributed by atoms with Crippen molar-refractivity contribution in [3.8, 4) is 0 Å². The summed E-state index contributed by atoms with van der Waals surface area (Å²) >= 11 is 11.6. The van der Waals surface area contributed by atoms with Crippen LogP contribution in [-0.4, -0.2) is 10.2 Å². The van der Waals surface area contributed by atoms with Gasteiger partial charge >= 0.3 is 0 Å². The van der Waals surface area contributed by atoms with Crippen molar-refractivity contribution in [2.24, 2.45) is 0 Å². The molecule has 0 aliphatic rings. The van der Waals surface area contributed by atoms with Crippen LogP contribution in [0.4, 0.5) is 0 Å². The Kier molecular flexibility index (Phi) is 3.42. The van der Waals surface area contributed by atoms with Gasteiger partial charge in [0.2, 0.25) is 0 Å². The lowest BCUT2D eigenvalue weighted by Crippen LogP contribution is -1.95. The van der Waals surface area contributed by atoms with Crippen LogP contribution in [0.1, 0.15) is 16.8 Å². The third-order valence-corrected chi connectivity index (χ3v) is 2.89. The molecule has 0 radical (unpaired) electrons. The van der Waals surface area contributed by atoms with E-state index in [1.807, 2.05) is 6.07 Å². The van der Waals surface area contributed by atoms with E-state index in [0.717, 1.165) is 5.69 Å². The maximum Gasteiger partial charge on any atom is 0.170 e. The molecule has 0 aliphatic heterocycles. The van der Waals surface area contributed by atoms with Gasteiger partial charge in [0.05, 0.1) is 10.7 Å². The SMILES string of the molecule is Cc1cccc(Cc2cc(Cl)c(Cl)nn2)c1. The summed E-state index contributed by atoms with van der Waals surface area (Å²) in [5.41, 5.74) is 3.23. The molecular weight excluding hydrogens is 243 g/mol. The molecule has 1 heterocycles. The van der Waals surface area contributed by atoms with Crippen LogP contribution >= 0.6 is 23.2 Å². The van der Waals surface area contributed by atoms with Gasteiger partial charge in [-0.1, -0.05) is 53.0 Å². The lowest BCUT2D eigenvalue weighted by molar-refractivity contribution is 0.937. The fourth-order valence-corrected chi connectivity index (χ4v) is 1.76. The van der Waals surface area contributed by atoms with Crippen LogP contribution in [0.3, 0.4) is 0 Å². The van der Waals surface area contributed by atoms with Crippen molar-refractivity contribution in [3.63, 3.8) is 0 Å². The number of rotatable bonds is 2. The van der Waals surface area contributed by atoms with Crippen LogP contribution in [0.5, 0.6) is 0 Å².